The number of benzene rings is 6. The number of hydrogen-bond donors (Lipinski definition) is 0. The largest absolute Gasteiger partial charge is 0.379 e. The Balaban J connectivity index is 1.05. The predicted molar refractivity (Wildman–Crippen MR) is 199 cm³/mol. The zero-order valence-corrected chi connectivity index (χ0v) is 31.4. The summed E-state index contributed by atoms with van der Waals surface area (Å²) in [6.45, 7) is 3.64. The van der Waals surface area contributed by atoms with Crippen LogP contribution >= 0.6 is 0 Å². The third kappa shape index (κ3) is 8.85. The van der Waals surface area contributed by atoms with Crippen molar-refractivity contribution in [3.05, 3.63) is 132 Å². The summed E-state index contributed by atoms with van der Waals surface area (Å²) in [5, 5.41) is 8.42. The standard InChI is InChI=1S/C36H28N2O12S4/c1-25-3-13-33(14-4-25)51(39,40)47-31-11-7-29-23-35(17-9-27(29)21-31)53(43,44)49-37-19-20-38-50-54(45,46)36-18-10-28-22-32(12-8-30(28)24-36)48-52(41,42)34-15-5-26(2)6-16-34/h3-24H,1-2H3/b37-19+,38-20+. The molecule has 0 atom stereocenters. The van der Waals surface area contributed by atoms with Crippen molar-refractivity contribution in [2.75, 3.05) is 0 Å². The Morgan fingerprint density at radius 2 is 0.704 bits per heavy atom. The highest BCUT2D eigenvalue weighted by Crippen LogP contribution is 2.28. The van der Waals surface area contributed by atoms with Crippen LogP contribution in [-0.4, -0.2) is 46.1 Å². The van der Waals surface area contributed by atoms with Gasteiger partial charge in [0.25, 0.3) is 0 Å². The molecule has 54 heavy (non-hydrogen) atoms. The molecular weight excluding hydrogens is 781 g/mol. The molecule has 0 N–H and O–H groups in total. The van der Waals surface area contributed by atoms with E-state index in [1.54, 1.807) is 24.3 Å². The topological polar surface area (TPSA) is 198 Å². The normalized spacial score (nSPS) is 12.7. The van der Waals surface area contributed by atoms with Crippen LogP contribution in [0.15, 0.2) is 151 Å². The van der Waals surface area contributed by atoms with Gasteiger partial charge in [-0.1, -0.05) is 70.0 Å². The lowest BCUT2D eigenvalue weighted by molar-refractivity contribution is 0.337. The lowest BCUT2D eigenvalue weighted by atomic mass is 10.1. The maximum absolute atomic E-state index is 12.7. The van der Waals surface area contributed by atoms with Gasteiger partial charge in [0.2, 0.25) is 0 Å². The SMILES string of the molecule is Cc1ccc(S(=O)(=O)Oc2ccc3cc(S(=O)(=O)O/N=C/C=N/OS(=O)(=O)c4ccc5cc(OS(=O)(=O)c6ccc(C)cc6)ccc5c4)ccc3c2)cc1. The maximum Gasteiger partial charge on any atom is 0.358 e. The molecule has 0 saturated heterocycles. The monoisotopic (exact) mass is 808 g/mol. The van der Waals surface area contributed by atoms with Crippen LogP contribution in [0.25, 0.3) is 21.5 Å². The molecule has 6 aromatic rings. The molecule has 0 aliphatic heterocycles. The Hall–Kier alpha value is -5.82. The van der Waals surface area contributed by atoms with Crippen molar-refractivity contribution in [2.45, 2.75) is 33.4 Å². The van der Waals surface area contributed by atoms with Crippen molar-refractivity contribution in [1.29, 1.82) is 0 Å². The molecule has 0 amide bonds. The number of hydrogen-bond acceptors (Lipinski definition) is 14. The van der Waals surface area contributed by atoms with E-state index in [2.05, 4.69) is 18.9 Å². The van der Waals surface area contributed by atoms with Crippen molar-refractivity contribution >= 4 is 74.4 Å². The van der Waals surface area contributed by atoms with Crippen LogP contribution in [0.3, 0.4) is 0 Å². The lowest BCUT2D eigenvalue weighted by Gasteiger charge is -2.09. The third-order valence-corrected chi connectivity index (χ3v) is 12.4. The van der Waals surface area contributed by atoms with Crippen LogP contribution in [0, 0.1) is 13.8 Å². The van der Waals surface area contributed by atoms with Crippen LogP contribution in [0.2, 0.25) is 0 Å². The van der Waals surface area contributed by atoms with Gasteiger partial charge in [0, 0.05) is 0 Å². The first kappa shape index (κ1) is 37.9. The molecule has 0 aliphatic rings. The molecule has 18 heteroatoms. The van der Waals surface area contributed by atoms with E-state index in [-0.39, 0.29) is 31.1 Å². The molecule has 0 fully saturated rings. The Labute approximate surface area is 311 Å². The van der Waals surface area contributed by atoms with E-state index >= 15 is 0 Å². The first-order valence-corrected chi connectivity index (χ1v) is 21.2. The van der Waals surface area contributed by atoms with Gasteiger partial charge in [-0.3, -0.25) is 8.57 Å². The van der Waals surface area contributed by atoms with Gasteiger partial charge in [-0.05, 0) is 108 Å². The summed E-state index contributed by atoms with van der Waals surface area (Å²) in [7, 11) is -17.0. The molecule has 0 bridgehead atoms. The van der Waals surface area contributed by atoms with E-state index < -0.39 is 40.5 Å². The minimum Gasteiger partial charge on any atom is -0.379 e. The second-order valence-electron chi connectivity index (χ2n) is 11.6. The van der Waals surface area contributed by atoms with Gasteiger partial charge < -0.3 is 8.37 Å². The van der Waals surface area contributed by atoms with Gasteiger partial charge in [0.1, 0.15) is 31.1 Å². The van der Waals surface area contributed by atoms with Gasteiger partial charge in [0.15, 0.2) is 0 Å². The first-order valence-electron chi connectivity index (χ1n) is 15.5. The summed E-state index contributed by atoms with van der Waals surface area (Å²) in [6, 6.07) is 28.7. The Bertz CT molecular complexity index is 2690. The third-order valence-electron chi connectivity index (χ3n) is 7.65. The molecule has 0 saturated carbocycles. The van der Waals surface area contributed by atoms with Crippen molar-refractivity contribution < 1.29 is 50.6 Å². The Morgan fingerprint density at radius 3 is 1.07 bits per heavy atom. The van der Waals surface area contributed by atoms with Gasteiger partial charge in [0.05, 0.1) is 12.4 Å². The van der Waals surface area contributed by atoms with Gasteiger partial charge in [-0.25, -0.2) is 0 Å². The quantitative estimate of drug-likeness (QED) is 0.0726. The summed E-state index contributed by atoms with van der Waals surface area (Å²) >= 11 is 0. The Morgan fingerprint density at radius 1 is 0.389 bits per heavy atom. The van der Waals surface area contributed by atoms with Crippen LogP contribution in [0.5, 0.6) is 11.5 Å². The fraction of sp³-hybridized carbons (Fsp3) is 0.0556. The highest BCUT2D eigenvalue weighted by molar-refractivity contribution is 7.87. The summed E-state index contributed by atoms with van der Waals surface area (Å²) in [5.41, 5.74) is 1.77. The summed E-state index contributed by atoms with van der Waals surface area (Å²) in [4.78, 5) is -0.581. The average molecular weight is 809 g/mol. The van der Waals surface area contributed by atoms with E-state index in [0.717, 1.165) is 23.6 Å². The van der Waals surface area contributed by atoms with E-state index in [4.69, 9.17) is 8.37 Å². The molecule has 0 radical (unpaired) electrons. The van der Waals surface area contributed by atoms with Crippen LogP contribution in [0.4, 0.5) is 0 Å². The average Bonchev–Trinajstić information content (AvgIpc) is 3.12. The molecule has 6 aromatic carbocycles. The number of nitrogens with zero attached hydrogens (tertiary/aromatic N) is 2. The second kappa shape index (κ2) is 14.9. The molecular formula is C36H28N2O12S4. The number of aryl methyl sites for hydroxylation is 2. The van der Waals surface area contributed by atoms with E-state index in [1.807, 2.05) is 13.8 Å². The van der Waals surface area contributed by atoms with Gasteiger partial charge >= 0.3 is 40.5 Å². The molecule has 0 unspecified atom stereocenters. The van der Waals surface area contributed by atoms with E-state index in [9.17, 15) is 33.7 Å². The highest BCUT2D eigenvalue weighted by atomic mass is 32.2. The minimum absolute atomic E-state index is 0.0188. The van der Waals surface area contributed by atoms with Crippen molar-refractivity contribution in [2.24, 2.45) is 10.3 Å². The molecule has 0 spiro atoms. The number of fused-ring (bicyclic) bond motifs is 2. The van der Waals surface area contributed by atoms with Crippen LogP contribution < -0.4 is 8.37 Å². The fourth-order valence-corrected chi connectivity index (χ4v) is 8.24. The van der Waals surface area contributed by atoms with E-state index in [0.29, 0.717) is 21.5 Å². The lowest BCUT2D eigenvalue weighted by Crippen LogP contribution is -2.09. The zero-order chi connectivity index (χ0) is 38.7. The van der Waals surface area contributed by atoms with Crippen molar-refractivity contribution in [3.8, 4) is 11.5 Å². The Kier molecular flexibility index (Phi) is 10.5. The van der Waals surface area contributed by atoms with Gasteiger partial charge in [-0.2, -0.15) is 33.7 Å². The number of oxime groups is 2. The number of rotatable bonds is 13. The smallest absolute Gasteiger partial charge is 0.358 e. The maximum atomic E-state index is 12.7. The predicted octanol–water partition coefficient (Wildman–Crippen LogP) is 6.23. The molecule has 0 aliphatic carbocycles. The zero-order valence-electron chi connectivity index (χ0n) is 28.1. The molecule has 0 aromatic heterocycles. The summed E-state index contributed by atoms with van der Waals surface area (Å²) in [6.07, 6.45) is 1.50. The molecule has 278 valence electrons. The van der Waals surface area contributed by atoms with E-state index in [1.165, 1.54) is 97.1 Å². The van der Waals surface area contributed by atoms with Crippen LogP contribution in [-0.2, 0) is 49.0 Å². The van der Waals surface area contributed by atoms with Crippen LogP contribution in [0.1, 0.15) is 11.1 Å². The van der Waals surface area contributed by atoms with Gasteiger partial charge in [-0.15, -0.1) is 0 Å². The molecule has 14 nitrogen and oxygen atoms in total. The first-order chi connectivity index (χ1) is 25.5. The molecule has 6 rings (SSSR count). The van der Waals surface area contributed by atoms with Crippen molar-refractivity contribution in [3.63, 3.8) is 0 Å². The fourth-order valence-electron chi connectivity index (χ4n) is 4.88. The summed E-state index contributed by atoms with van der Waals surface area (Å²) in [5.74, 6) is 0.0501. The second-order valence-corrected chi connectivity index (χ2v) is 17.8. The molecule has 0 heterocycles. The summed E-state index contributed by atoms with van der Waals surface area (Å²) < 4.78 is 121. The highest BCUT2D eigenvalue weighted by Gasteiger charge is 2.20. The minimum atomic E-state index is -4.43. The van der Waals surface area contributed by atoms with Crippen molar-refractivity contribution in [1.82, 2.24) is 0 Å².